The van der Waals surface area contributed by atoms with Crippen LogP contribution in [0.4, 0.5) is 5.82 Å². The summed E-state index contributed by atoms with van der Waals surface area (Å²) in [4.78, 5) is 4.67. The molecule has 0 aliphatic heterocycles. The molecule has 0 saturated heterocycles. The summed E-state index contributed by atoms with van der Waals surface area (Å²) in [6.07, 6.45) is 5.32. The van der Waals surface area contributed by atoms with Gasteiger partial charge in [-0.05, 0) is 31.4 Å². The maximum absolute atomic E-state index is 5.59. The summed E-state index contributed by atoms with van der Waals surface area (Å²) < 4.78 is 5.34. The molecular formula is C12H17N3OS. The monoisotopic (exact) mass is 251 g/mol. The molecule has 5 heteroatoms. The molecule has 0 bridgehead atoms. The van der Waals surface area contributed by atoms with Crippen molar-refractivity contribution in [2.75, 3.05) is 12.4 Å². The molecule has 1 aliphatic carbocycles. The third kappa shape index (κ3) is 3.14. The molecule has 1 aromatic heterocycles. The van der Waals surface area contributed by atoms with Crippen LogP contribution in [0.5, 0.6) is 0 Å². The predicted molar refractivity (Wildman–Crippen MR) is 72.2 cm³/mol. The van der Waals surface area contributed by atoms with Crippen LogP contribution in [0.1, 0.15) is 24.8 Å². The first kappa shape index (κ1) is 12.3. The van der Waals surface area contributed by atoms with Crippen LogP contribution in [0.3, 0.4) is 0 Å². The van der Waals surface area contributed by atoms with Crippen LogP contribution in [-0.4, -0.2) is 29.2 Å². The Hall–Kier alpha value is -1.20. The Balaban J connectivity index is 1.99. The number of rotatable bonds is 4. The van der Waals surface area contributed by atoms with Crippen LogP contribution in [0.25, 0.3) is 0 Å². The van der Waals surface area contributed by atoms with Gasteiger partial charge in [-0.3, -0.25) is 0 Å². The van der Waals surface area contributed by atoms with E-state index in [1.54, 1.807) is 13.3 Å². The highest BCUT2D eigenvalue weighted by molar-refractivity contribution is 7.80. The van der Waals surface area contributed by atoms with Gasteiger partial charge in [0.25, 0.3) is 0 Å². The third-order valence-electron chi connectivity index (χ3n) is 3.11. The number of ether oxygens (including phenoxy) is 1. The zero-order valence-electron chi connectivity index (χ0n) is 9.85. The average molecular weight is 251 g/mol. The van der Waals surface area contributed by atoms with Crippen LogP contribution < -0.4 is 11.1 Å². The van der Waals surface area contributed by atoms with Gasteiger partial charge in [0.1, 0.15) is 10.8 Å². The Bertz CT molecular complexity index is 410. The summed E-state index contributed by atoms with van der Waals surface area (Å²) >= 11 is 4.94. The normalized spacial score (nSPS) is 23.6. The van der Waals surface area contributed by atoms with Gasteiger partial charge in [-0.2, -0.15) is 0 Å². The summed E-state index contributed by atoms with van der Waals surface area (Å²) in [7, 11) is 1.76. The van der Waals surface area contributed by atoms with Gasteiger partial charge >= 0.3 is 0 Å². The molecule has 17 heavy (non-hydrogen) atoms. The minimum Gasteiger partial charge on any atom is -0.389 e. The standard InChI is InChI=1S/C12H17N3OS/c1-16-10-3-2-9(7-10)15-11-6-8(12(13)17)4-5-14-11/h4-6,9-10H,2-3,7H2,1H3,(H2,13,17)(H,14,15). The van der Waals surface area contributed by atoms with Crippen LogP contribution in [-0.2, 0) is 4.74 Å². The van der Waals surface area contributed by atoms with Crippen molar-refractivity contribution in [1.82, 2.24) is 4.98 Å². The molecule has 2 atom stereocenters. The summed E-state index contributed by atoms with van der Waals surface area (Å²) in [6, 6.07) is 4.14. The van der Waals surface area contributed by atoms with E-state index in [0.29, 0.717) is 17.1 Å². The largest absolute Gasteiger partial charge is 0.389 e. The number of hydrogen-bond acceptors (Lipinski definition) is 4. The van der Waals surface area contributed by atoms with Crippen molar-refractivity contribution in [3.63, 3.8) is 0 Å². The van der Waals surface area contributed by atoms with Gasteiger partial charge in [-0.15, -0.1) is 0 Å². The molecule has 92 valence electrons. The van der Waals surface area contributed by atoms with Gasteiger partial charge < -0.3 is 15.8 Å². The van der Waals surface area contributed by atoms with Crippen molar-refractivity contribution in [3.05, 3.63) is 23.9 Å². The topological polar surface area (TPSA) is 60.2 Å². The second kappa shape index (κ2) is 5.42. The minimum atomic E-state index is 0.367. The van der Waals surface area contributed by atoms with Crippen LogP contribution in [0, 0.1) is 0 Å². The van der Waals surface area contributed by atoms with Gasteiger partial charge in [-0.25, -0.2) is 4.98 Å². The molecule has 1 aliphatic rings. The molecule has 1 saturated carbocycles. The number of nitrogens with zero attached hydrogens (tertiary/aromatic N) is 1. The lowest BCUT2D eigenvalue weighted by atomic mass is 10.2. The Labute approximate surface area is 107 Å². The highest BCUT2D eigenvalue weighted by atomic mass is 32.1. The molecule has 1 aromatic rings. The molecule has 3 N–H and O–H groups in total. The molecule has 0 radical (unpaired) electrons. The Morgan fingerprint density at radius 2 is 2.41 bits per heavy atom. The van der Waals surface area contributed by atoms with Gasteiger partial charge in [0, 0.05) is 24.9 Å². The number of pyridine rings is 1. The summed E-state index contributed by atoms with van der Waals surface area (Å²) in [6.45, 7) is 0. The highest BCUT2D eigenvalue weighted by Gasteiger charge is 2.24. The first-order valence-corrected chi connectivity index (χ1v) is 6.15. The SMILES string of the molecule is COC1CCC(Nc2cc(C(N)=S)ccn2)C1. The fraction of sp³-hybridized carbons (Fsp3) is 0.500. The molecule has 2 unspecified atom stereocenters. The number of methoxy groups -OCH3 is 1. The van der Waals surface area contributed by atoms with Gasteiger partial charge in [-0.1, -0.05) is 12.2 Å². The summed E-state index contributed by atoms with van der Waals surface area (Å²) in [5.41, 5.74) is 6.44. The fourth-order valence-electron chi connectivity index (χ4n) is 2.16. The lowest BCUT2D eigenvalue weighted by Gasteiger charge is -2.14. The zero-order chi connectivity index (χ0) is 12.3. The summed E-state index contributed by atoms with van der Waals surface area (Å²) in [5.74, 6) is 0.831. The van der Waals surface area contributed by atoms with E-state index >= 15 is 0 Å². The zero-order valence-corrected chi connectivity index (χ0v) is 10.7. The molecule has 0 amide bonds. The van der Waals surface area contributed by atoms with Gasteiger partial charge in [0.05, 0.1) is 6.10 Å². The van der Waals surface area contributed by atoms with Crippen LogP contribution >= 0.6 is 12.2 Å². The quantitative estimate of drug-likeness (QED) is 0.798. The predicted octanol–water partition coefficient (Wildman–Crippen LogP) is 1.70. The third-order valence-corrected chi connectivity index (χ3v) is 3.35. The Kier molecular flexibility index (Phi) is 3.91. The van der Waals surface area contributed by atoms with Gasteiger partial charge in [0.15, 0.2) is 0 Å². The number of nitrogens with one attached hydrogen (secondary N) is 1. The second-order valence-electron chi connectivity index (χ2n) is 4.31. The van der Waals surface area contributed by atoms with E-state index in [9.17, 15) is 0 Å². The van der Waals surface area contributed by atoms with E-state index in [1.165, 1.54) is 0 Å². The first-order chi connectivity index (χ1) is 8.19. The van der Waals surface area contributed by atoms with E-state index in [-0.39, 0.29) is 0 Å². The number of aromatic nitrogens is 1. The van der Waals surface area contributed by atoms with Crippen molar-refractivity contribution in [3.8, 4) is 0 Å². The maximum atomic E-state index is 5.59. The molecular weight excluding hydrogens is 234 g/mol. The number of thiocarbonyl (C=S) groups is 1. The first-order valence-electron chi connectivity index (χ1n) is 5.74. The van der Waals surface area contributed by atoms with E-state index in [2.05, 4.69) is 10.3 Å². The molecule has 0 spiro atoms. The maximum Gasteiger partial charge on any atom is 0.126 e. The van der Waals surface area contributed by atoms with E-state index in [1.807, 2.05) is 12.1 Å². The lowest BCUT2D eigenvalue weighted by molar-refractivity contribution is 0.108. The van der Waals surface area contributed by atoms with Crippen LogP contribution in [0.2, 0.25) is 0 Å². The minimum absolute atomic E-state index is 0.367. The molecule has 2 rings (SSSR count). The van der Waals surface area contributed by atoms with E-state index in [0.717, 1.165) is 30.6 Å². The Morgan fingerprint density at radius 1 is 1.59 bits per heavy atom. The molecule has 0 aromatic carbocycles. The average Bonchev–Trinajstić information content (AvgIpc) is 2.77. The lowest BCUT2D eigenvalue weighted by Crippen LogP contribution is -2.18. The number of anilines is 1. The number of nitrogens with two attached hydrogens (primary N) is 1. The smallest absolute Gasteiger partial charge is 0.126 e. The van der Waals surface area contributed by atoms with E-state index < -0.39 is 0 Å². The van der Waals surface area contributed by atoms with E-state index in [4.69, 9.17) is 22.7 Å². The molecule has 1 fully saturated rings. The van der Waals surface area contributed by atoms with Crippen molar-refractivity contribution in [1.29, 1.82) is 0 Å². The number of hydrogen-bond donors (Lipinski definition) is 2. The van der Waals surface area contributed by atoms with Crippen molar-refractivity contribution in [2.24, 2.45) is 5.73 Å². The van der Waals surface area contributed by atoms with Crippen molar-refractivity contribution >= 4 is 23.0 Å². The Morgan fingerprint density at radius 3 is 3.06 bits per heavy atom. The second-order valence-corrected chi connectivity index (χ2v) is 4.75. The fourth-order valence-corrected chi connectivity index (χ4v) is 2.28. The van der Waals surface area contributed by atoms with Gasteiger partial charge in [0.2, 0.25) is 0 Å². The van der Waals surface area contributed by atoms with Crippen molar-refractivity contribution in [2.45, 2.75) is 31.4 Å². The molecule has 1 heterocycles. The van der Waals surface area contributed by atoms with Crippen LogP contribution in [0.15, 0.2) is 18.3 Å². The van der Waals surface area contributed by atoms with Crippen molar-refractivity contribution < 1.29 is 4.74 Å². The summed E-state index contributed by atoms with van der Waals surface area (Å²) in [5, 5.41) is 3.39. The molecule has 4 nitrogen and oxygen atoms in total. The highest BCUT2D eigenvalue weighted by Crippen LogP contribution is 2.24.